The van der Waals surface area contributed by atoms with Gasteiger partial charge in [-0.25, -0.2) is 0 Å². The average Bonchev–Trinajstić information content (AvgIpc) is 2.94. The van der Waals surface area contributed by atoms with E-state index in [1.165, 1.54) is 0 Å². The van der Waals surface area contributed by atoms with Crippen LogP contribution in [-0.4, -0.2) is 40.3 Å². The minimum absolute atomic E-state index is 0.0159. The third-order valence-corrected chi connectivity index (χ3v) is 3.68. The number of likely N-dealkylation sites (tertiary alicyclic amines) is 1. The molecule has 0 saturated carbocycles. The Bertz CT molecular complexity index is 408. The van der Waals surface area contributed by atoms with Crippen molar-refractivity contribution in [1.82, 2.24) is 10.1 Å². The number of hydrogen-bond acceptors (Lipinski definition) is 4. The van der Waals surface area contributed by atoms with Crippen LogP contribution in [0.4, 0.5) is 0 Å². The summed E-state index contributed by atoms with van der Waals surface area (Å²) in [5.74, 6) is 0.909. The maximum Gasteiger partial charge on any atom is 0.223 e. The molecule has 0 unspecified atom stereocenters. The number of aliphatic hydroxyl groups is 1. The van der Waals surface area contributed by atoms with Crippen LogP contribution >= 0.6 is 0 Å². The third kappa shape index (κ3) is 2.56. The van der Waals surface area contributed by atoms with E-state index >= 15 is 0 Å². The van der Waals surface area contributed by atoms with Crippen LogP contribution < -0.4 is 0 Å². The smallest absolute Gasteiger partial charge is 0.223 e. The Balaban J connectivity index is 1.92. The zero-order valence-corrected chi connectivity index (χ0v) is 11.0. The molecule has 0 aliphatic carbocycles. The Morgan fingerprint density at radius 1 is 1.56 bits per heavy atom. The van der Waals surface area contributed by atoms with Gasteiger partial charge < -0.3 is 14.5 Å². The summed E-state index contributed by atoms with van der Waals surface area (Å²) in [5, 5.41) is 13.1. The number of amides is 1. The lowest BCUT2D eigenvalue weighted by atomic mass is 10.1. The maximum atomic E-state index is 12.1. The lowest BCUT2D eigenvalue weighted by Crippen LogP contribution is -2.37. The van der Waals surface area contributed by atoms with Crippen molar-refractivity contribution >= 4 is 5.91 Å². The zero-order chi connectivity index (χ0) is 13.1. The van der Waals surface area contributed by atoms with Crippen LogP contribution in [0.2, 0.25) is 0 Å². The molecule has 1 aliphatic rings. The number of carbonyl (C=O) groups is 1. The minimum Gasteiger partial charge on any atom is -0.394 e. The molecule has 1 fully saturated rings. The number of hydrogen-bond donors (Lipinski definition) is 1. The van der Waals surface area contributed by atoms with E-state index < -0.39 is 0 Å². The first-order valence-electron chi connectivity index (χ1n) is 6.45. The van der Waals surface area contributed by atoms with E-state index in [4.69, 9.17) is 4.52 Å². The second-order valence-corrected chi connectivity index (χ2v) is 4.87. The van der Waals surface area contributed by atoms with Crippen LogP contribution in [0.15, 0.2) is 4.52 Å². The van der Waals surface area contributed by atoms with Gasteiger partial charge in [0, 0.05) is 18.5 Å². The van der Waals surface area contributed by atoms with E-state index in [9.17, 15) is 9.90 Å². The molecule has 5 nitrogen and oxygen atoms in total. The highest BCUT2D eigenvalue weighted by molar-refractivity contribution is 5.77. The molecule has 1 amide bonds. The van der Waals surface area contributed by atoms with E-state index in [-0.39, 0.29) is 18.6 Å². The Morgan fingerprint density at radius 2 is 2.33 bits per heavy atom. The third-order valence-electron chi connectivity index (χ3n) is 3.68. The summed E-state index contributed by atoms with van der Waals surface area (Å²) >= 11 is 0. The standard InChI is InChI=1S/C13H20N2O3/c1-9-12(10(2)18-14-9)5-6-13(17)15-7-3-4-11(15)8-16/h11,16H,3-8H2,1-2H3/t11-/m0/s1. The second kappa shape index (κ2) is 5.52. The largest absolute Gasteiger partial charge is 0.394 e. The number of nitrogens with zero attached hydrogens (tertiary/aromatic N) is 2. The zero-order valence-electron chi connectivity index (χ0n) is 11.0. The average molecular weight is 252 g/mol. The van der Waals surface area contributed by atoms with Crippen LogP contribution in [0, 0.1) is 13.8 Å². The number of aromatic nitrogens is 1. The van der Waals surface area contributed by atoms with Gasteiger partial charge in [-0.1, -0.05) is 5.16 Å². The van der Waals surface area contributed by atoms with Crippen molar-refractivity contribution in [2.45, 2.75) is 45.6 Å². The van der Waals surface area contributed by atoms with E-state index in [2.05, 4.69) is 5.16 Å². The van der Waals surface area contributed by atoms with E-state index in [1.807, 2.05) is 13.8 Å². The SMILES string of the molecule is Cc1noc(C)c1CCC(=O)N1CCC[C@H]1CO. The molecule has 1 saturated heterocycles. The Hall–Kier alpha value is -1.36. The number of aryl methyl sites for hydroxylation is 2. The van der Waals surface area contributed by atoms with Crippen molar-refractivity contribution in [3.63, 3.8) is 0 Å². The monoisotopic (exact) mass is 252 g/mol. The molecule has 5 heteroatoms. The van der Waals surface area contributed by atoms with Gasteiger partial charge in [0.1, 0.15) is 5.76 Å². The van der Waals surface area contributed by atoms with Gasteiger partial charge in [-0.2, -0.15) is 0 Å². The lowest BCUT2D eigenvalue weighted by molar-refractivity contribution is -0.132. The summed E-state index contributed by atoms with van der Waals surface area (Å²) in [6.07, 6.45) is 3.02. The molecule has 1 atom stereocenters. The van der Waals surface area contributed by atoms with E-state index in [0.717, 1.165) is 36.4 Å². The molecule has 18 heavy (non-hydrogen) atoms. The molecule has 1 aromatic heterocycles. The quantitative estimate of drug-likeness (QED) is 0.874. The second-order valence-electron chi connectivity index (χ2n) is 4.87. The molecule has 1 aromatic rings. The molecule has 2 rings (SSSR count). The highest BCUT2D eigenvalue weighted by Crippen LogP contribution is 2.20. The molecule has 1 N–H and O–H groups in total. The minimum atomic E-state index is 0.0159. The topological polar surface area (TPSA) is 66.6 Å². The molecule has 0 radical (unpaired) electrons. The van der Waals surface area contributed by atoms with Crippen molar-refractivity contribution in [2.24, 2.45) is 0 Å². The first-order valence-corrected chi connectivity index (χ1v) is 6.45. The fourth-order valence-corrected chi connectivity index (χ4v) is 2.59. The Labute approximate surface area is 107 Å². The van der Waals surface area contributed by atoms with Crippen LogP contribution in [-0.2, 0) is 11.2 Å². The molecular formula is C13H20N2O3. The predicted octanol–water partition coefficient (Wildman–Crippen LogP) is 1.21. The predicted molar refractivity (Wildman–Crippen MR) is 66.1 cm³/mol. The molecule has 0 aromatic carbocycles. The van der Waals surface area contributed by atoms with Crippen LogP contribution in [0.25, 0.3) is 0 Å². The summed E-state index contributed by atoms with van der Waals surface area (Å²) in [7, 11) is 0. The first kappa shape index (κ1) is 13.1. The number of rotatable bonds is 4. The van der Waals surface area contributed by atoms with Gasteiger partial charge in [0.05, 0.1) is 18.3 Å². The van der Waals surface area contributed by atoms with Gasteiger partial charge in [0.2, 0.25) is 5.91 Å². The Morgan fingerprint density at radius 3 is 2.94 bits per heavy atom. The highest BCUT2D eigenvalue weighted by atomic mass is 16.5. The van der Waals surface area contributed by atoms with Gasteiger partial charge in [-0.3, -0.25) is 4.79 Å². The summed E-state index contributed by atoms with van der Waals surface area (Å²) < 4.78 is 5.08. The van der Waals surface area contributed by atoms with Gasteiger partial charge >= 0.3 is 0 Å². The lowest BCUT2D eigenvalue weighted by Gasteiger charge is -2.22. The molecule has 2 heterocycles. The van der Waals surface area contributed by atoms with Gasteiger partial charge in [0.25, 0.3) is 0 Å². The van der Waals surface area contributed by atoms with E-state index in [1.54, 1.807) is 4.90 Å². The van der Waals surface area contributed by atoms with Crippen LogP contribution in [0.3, 0.4) is 0 Å². The van der Waals surface area contributed by atoms with Crippen molar-refractivity contribution in [3.05, 3.63) is 17.0 Å². The fraction of sp³-hybridized carbons (Fsp3) is 0.692. The van der Waals surface area contributed by atoms with E-state index in [0.29, 0.717) is 12.8 Å². The van der Waals surface area contributed by atoms with Crippen molar-refractivity contribution in [2.75, 3.05) is 13.2 Å². The molecule has 100 valence electrons. The van der Waals surface area contributed by atoms with Gasteiger partial charge in [-0.15, -0.1) is 0 Å². The van der Waals surface area contributed by atoms with Crippen molar-refractivity contribution < 1.29 is 14.4 Å². The van der Waals surface area contributed by atoms with Crippen LogP contribution in [0.5, 0.6) is 0 Å². The van der Waals surface area contributed by atoms with Crippen LogP contribution in [0.1, 0.15) is 36.3 Å². The first-order chi connectivity index (χ1) is 8.63. The fourth-order valence-electron chi connectivity index (χ4n) is 2.59. The van der Waals surface area contributed by atoms with Crippen molar-refractivity contribution in [3.8, 4) is 0 Å². The number of aliphatic hydroxyl groups excluding tert-OH is 1. The summed E-state index contributed by atoms with van der Waals surface area (Å²) in [5.41, 5.74) is 1.89. The molecule has 0 bridgehead atoms. The molecule has 0 spiro atoms. The summed E-state index contributed by atoms with van der Waals surface area (Å²) in [6.45, 7) is 4.59. The maximum absolute atomic E-state index is 12.1. The number of carbonyl (C=O) groups excluding carboxylic acids is 1. The van der Waals surface area contributed by atoms with Gasteiger partial charge in [0.15, 0.2) is 0 Å². The van der Waals surface area contributed by atoms with Crippen molar-refractivity contribution in [1.29, 1.82) is 0 Å². The molecule has 1 aliphatic heterocycles. The van der Waals surface area contributed by atoms with Gasteiger partial charge in [-0.05, 0) is 33.1 Å². The highest BCUT2D eigenvalue weighted by Gasteiger charge is 2.27. The summed E-state index contributed by atoms with van der Waals surface area (Å²) in [4.78, 5) is 13.9. The molecular weight excluding hydrogens is 232 g/mol. The normalized spacial score (nSPS) is 19.5. The summed E-state index contributed by atoms with van der Waals surface area (Å²) in [6, 6.07) is 0.0159. The Kier molecular flexibility index (Phi) is 4.01.